The van der Waals surface area contributed by atoms with Crippen LogP contribution in [0.1, 0.15) is 18.9 Å². The maximum Gasteiger partial charge on any atom is 0.193 e. The van der Waals surface area contributed by atoms with Crippen molar-refractivity contribution in [1.82, 2.24) is 0 Å². The normalized spacial score (nSPS) is 10.9. The van der Waals surface area contributed by atoms with Gasteiger partial charge in [-0.3, -0.25) is 4.79 Å². The molecule has 2 aromatic carbocycles. The van der Waals surface area contributed by atoms with Crippen molar-refractivity contribution in [2.24, 2.45) is 0 Å². The first-order valence-electron chi connectivity index (χ1n) is 10.5. The number of methoxy groups -OCH3 is 1. The van der Waals surface area contributed by atoms with Crippen LogP contribution < -0.4 is 19.5 Å². The van der Waals surface area contributed by atoms with Crippen molar-refractivity contribution in [3.05, 3.63) is 88.8 Å². The van der Waals surface area contributed by atoms with Crippen molar-refractivity contribution in [3.63, 3.8) is 0 Å². The van der Waals surface area contributed by atoms with Crippen molar-refractivity contribution >= 4 is 11.0 Å². The third-order valence-electron chi connectivity index (χ3n) is 5.27. The zero-order valence-corrected chi connectivity index (χ0v) is 17.8. The molecule has 0 aliphatic rings. The molecule has 0 aliphatic carbocycles. The van der Waals surface area contributed by atoms with Crippen LogP contribution in [-0.2, 0) is 13.0 Å². The summed E-state index contributed by atoms with van der Waals surface area (Å²) in [5, 5.41) is 0.538. The van der Waals surface area contributed by atoms with Gasteiger partial charge in [-0.15, -0.1) is 0 Å². The van der Waals surface area contributed by atoms with Crippen LogP contribution in [0.4, 0.5) is 0 Å². The van der Waals surface area contributed by atoms with E-state index in [1.807, 2.05) is 30.3 Å². The van der Waals surface area contributed by atoms with Crippen molar-refractivity contribution in [2.75, 3.05) is 13.7 Å². The quantitative estimate of drug-likeness (QED) is 0.306. The molecule has 2 heterocycles. The highest BCUT2D eigenvalue weighted by molar-refractivity contribution is 5.80. The van der Waals surface area contributed by atoms with Gasteiger partial charge >= 0.3 is 0 Å². The van der Waals surface area contributed by atoms with E-state index in [9.17, 15) is 4.79 Å². The third kappa shape index (κ3) is 4.94. The van der Waals surface area contributed by atoms with Crippen LogP contribution in [0.5, 0.6) is 11.5 Å². The summed E-state index contributed by atoms with van der Waals surface area (Å²) in [6, 6.07) is 18.6. The van der Waals surface area contributed by atoms with Gasteiger partial charge in [-0.05, 0) is 48.4 Å². The van der Waals surface area contributed by atoms with E-state index in [1.165, 1.54) is 11.6 Å². The smallest absolute Gasteiger partial charge is 0.193 e. The predicted octanol–water partition coefficient (Wildman–Crippen LogP) is 4.79. The zero-order chi connectivity index (χ0) is 21.6. The van der Waals surface area contributed by atoms with Crippen LogP contribution in [0, 0.1) is 0 Å². The Hall–Kier alpha value is -3.60. The van der Waals surface area contributed by atoms with Crippen molar-refractivity contribution in [2.45, 2.75) is 26.3 Å². The van der Waals surface area contributed by atoms with E-state index in [1.54, 1.807) is 19.2 Å². The van der Waals surface area contributed by atoms with Gasteiger partial charge in [0.15, 0.2) is 24.4 Å². The lowest BCUT2D eigenvalue weighted by Crippen LogP contribution is -2.33. The van der Waals surface area contributed by atoms with Gasteiger partial charge in [0.05, 0.1) is 19.1 Å². The molecule has 5 heteroatoms. The molecule has 2 aromatic heterocycles. The molecule has 158 valence electrons. The number of aromatic nitrogens is 1. The molecule has 0 spiro atoms. The summed E-state index contributed by atoms with van der Waals surface area (Å²) in [7, 11) is 1.62. The Kier molecular flexibility index (Phi) is 6.32. The minimum Gasteiger partial charge on any atom is -0.497 e. The van der Waals surface area contributed by atoms with Crippen molar-refractivity contribution in [3.8, 4) is 22.8 Å². The molecule has 0 saturated heterocycles. The van der Waals surface area contributed by atoms with Crippen LogP contribution in [0.2, 0.25) is 0 Å². The van der Waals surface area contributed by atoms with Crippen LogP contribution in [-0.4, -0.2) is 13.7 Å². The third-order valence-corrected chi connectivity index (χ3v) is 5.27. The number of hydrogen-bond donors (Lipinski definition) is 0. The topological polar surface area (TPSA) is 52.5 Å². The summed E-state index contributed by atoms with van der Waals surface area (Å²) in [5.74, 6) is 1.96. The number of benzene rings is 2. The first-order chi connectivity index (χ1) is 15.2. The molecule has 0 amide bonds. The van der Waals surface area contributed by atoms with Gasteiger partial charge in [0.2, 0.25) is 0 Å². The standard InChI is InChI=1S/C26H26NO4/c1-3-19-11-14-27(15-12-19)13-4-16-30-22-9-10-23-24(28)18-25(31-26(23)17-22)20-5-7-21(29-2)8-6-20/h5-12,14-15,17-18H,3-4,13,16H2,1-2H3/q+1. The highest BCUT2D eigenvalue weighted by atomic mass is 16.5. The molecular formula is C26H26NO4+. The van der Waals surface area contributed by atoms with Gasteiger partial charge in [0.25, 0.3) is 0 Å². The lowest BCUT2D eigenvalue weighted by atomic mass is 10.1. The number of nitrogens with zero attached hydrogens (tertiary/aromatic N) is 1. The lowest BCUT2D eigenvalue weighted by molar-refractivity contribution is -0.697. The summed E-state index contributed by atoms with van der Waals surface area (Å²) in [5.41, 5.74) is 2.59. The predicted molar refractivity (Wildman–Crippen MR) is 121 cm³/mol. The van der Waals surface area contributed by atoms with E-state index in [0.29, 0.717) is 29.1 Å². The van der Waals surface area contributed by atoms with E-state index in [-0.39, 0.29) is 5.43 Å². The molecule has 31 heavy (non-hydrogen) atoms. The van der Waals surface area contributed by atoms with Crippen LogP contribution >= 0.6 is 0 Å². The molecule has 4 aromatic rings. The number of pyridine rings is 1. The van der Waals surface area contributed by atoms with Crippen LogP contribution in [0.25, 0.3) is 22.3 Å². The first-order valence-corrected chi connectivity index (χ1v) is 10.5. The van der Waals surface area contributed by atoms with E-state index >= 15 is 0 Å². The fourth-order valence-electron chi connectivity index (χ4n) is 3.43. The Labute approximate surface area is 181 Å². The molecule has 4 rings (SSSR count). The Morgan fingerprint density at radius 2 is 1.68 bits per heavy atom. The maximum absolute atomic E-state index is 12.5. The molecule has 0 unspecified atom stereocenters. The van der Waals surface area contributed by atoms with Crippen molar-refractivity contribution < 1.29 is 18.5 Å². The van der Waals surface area contributed by atoms with E-state index in [2.05, 4.69) is 36.0 Å². The van der Waals surface area contributed by atoms with Gasteiger partial charge in [0.1, 0.15) is 22.8 Å². The average molecular weight is 416 g/mol. The fraction of sp³-hybridized carbons (Fsp3) is 0.231. The molecule has 0 bridgehead atoms. The van der Waals surface area contributed by atoms with E-state index < -0.39 is 0 Å². The Balaban J connectivity index is 1.45. The van der Waals surface area contributed by atoms with Gasteiger partial charge < -0.3 is 13.9 Å². The number of hydrogen-bond acceptors (Lipinski definition) is 4. The minimum absolute atomic E-state index is 0.0782. The number of ether oxygens (including phenoxy) is 2. The first kappa shape index (κ1) is 20.7. The largest absolute Gasteiger partial charge is 0.497 e. The molecule has 0 N–H and O–H groups in total. The number of aryl methyl sites for hydroxylation is 2. The van der Waals surface area contributed by atoms with Crippen LogP contribution in [0.15, 0.2) is 82.3 Å². The summed E-state index contributed by atoms with van der Waals surface area (Å²) < 4.78 is 19.3. The zero-order valence-electron chi connectivity index (χ0n) is 17.8. The Bertz CT molecular complexity index is 1210. The fourth-order valence-corrected chi connectivity index (χ4v) is 3.43. The summed E-state index contributed by atoms with van der Waals surface area (Å²) in [6.07, 6.45) is 6.13. The SMILES string of the molecule is CCc1cc[n+](CCCOc2ccc3c(=O)cc(-c4ccc(OC)cc4)oc3c2)cc1. The molecular weight excluding hydrogens is 390 g/mol. The lowest BCUT2D eigenvalue weighted by Gasteiger charge is -2.08. The summed E-state index contributed by atoms with van der Waals surface area (Å²) in [4.78, 5) is 12.5. The molecule has 0 saturated carbocycles. The van der Waals surface area contributed by atoms with Gasteiger partial charge in [-0.25, -0.2) is 4.57 Å². The average Bonchev–Trinajstić information content (AvgIpc) is 2.82. The highest BCUT2D eigenvalue weighted by Crippen LogP contribution is 2.26. The van der Waals surface area contributed by atoms with Crippen LogP contribution in [0.3, 0.4) is 0 Å². The minimum atomic E-state index is -0.0782. The molecule has 5 nitrogen and oxygen atoms in total. The van der Waals surface area contributed by atoms with Gasteiger partial charge in [-0.2, -0.15) is 0 Å². The second kappa shape index (κ2) is 9.47. The number of fused-ring (bicyclic) bond motifs is 1. The molecule has 0 fully saturated rings. The summed E-state index contributed by atoms with van der Waals surface area (Å²) >= 11 is 0. The Morgan fingerprint density at radius 3 is 2.39 bits per heavy atom. The second-order valence-electron chi connectivity index (χ2n) is 7.36. The van der Waals surface area contributed by atoms with Gasteiger partial charge in [0, 0.05) is 36.2 Å². The second-order valence-corrected chi connectivity index (χ2v) is 7.36. The molecule has 0 atom stereocenters. The summed E-state index contributed by atoms with van der Waals surface area (Å²) in [6.45, 7) is 3.61. The van der Waals surface area contributed by atoms with E-state index in [0.717, 1.165) is 30.7 Å². The van der Waals surface area contributed by atoms with Crippen molar-refractivity contribution in [1.29, 1.82) is 0 Å². The Morgan fingerprint density at radius 1 is 0.935 bits per heavy atom. The van der Waals surface area contributed by atoms with Gasteiger partial charge in [-0.1, -0.05) is 6.92 Å². The highest BCUT2D eigenvalue weighted by Gasteiger charge is 2.09. The maximum atomic E-state index is 12.5. The molecule has 0 aliphatic heterocycles. The molecule has 0 radical (unpaired) electrons. The monoisotopic (exact) mass is 416 g/mol. The van der Waals surface area contributed by atoms with E-state index in [4.69, 9.17) is 13.9 Å². The number of rotatable bonds is 8.